The lowest BCUT2D eigenvalue weighted by atomic mass is 10.3. The number of rotatable bonds is 3. The van der Waals surface area contributed by atoms with Gasteiger partial charge in [0, 0.05) is 5.02 Å². The number of hydrazone groups is 1. The molecule has 1 heterocycles. The zero-order chi connectivity index (χ0) is 13.9. The van der Waals surface area contributed by atoms with Crippen molar-refractivity contribution in [3.05, 3.63) is 58.6 Å². The van der Waals surface area contributed by atoms with Crippen molar-refractivity contribution in [1.82, 2.24) is 4.98 Å². The smallest absolute Gasteiger partial charge is 0.140 e. The summed E-state index contributed by atoms with van der Waals surface area (Å²) in [7, 11) is 0. The second-order valence-corrected chi connectivity index (χ2v) is 5.77. The van der Waals surface area contributed by atoms with Gasteiger partial charge < -0.3 is 0 Å². The average molecular weight is 302 g/mol. The molecule has 1 aromatic heterocycles. The Balaban J connectivity index is 1.82. The third-order valence-corrected chi connectivity index (χ3v) is 4.20. The molecule has 0 aliphatic rings. The second-order valence-electron chi connectivity index (χ2n) is 4.30. The van der Waals surface area contributed by atoms with Gasteiger partial charge in [-0.25, -0.2) is 4.98 Å². The largest absolute Gasteiger partial charge is 0.278 e. The van der Waals surface area contributed by atoms with Crippen LogP contribution in [0.5, 0.6) is 0 Å². The lowest BCUT2D eigenvalue weighted by molar-refractivity contribution is 1.31. The van der Waals surface area contributed by atoms with E-state index in [1.807, 2.05) is 49.4 Å². The minimum atomic E-state index is 0.711. The molecular formula is C15H12ClN3S. The first kappa shape index (κ1) is 13.1. The Hall–Kier alpha value is -1.91. The number of thiazole rings is 1. The number of para-hydroxylation sites is 1. The van der Waals surface area contributed by atoms with E-state index in [0.717, 1.165) is 21.9 Å². The van der Waals surface area contributed by atoms with E-state index in [-0.39, 0.29) is 0 Å². The zero-order valence-corrected chi connectivity index (χ0v) is 12.4. The topological polar surface area (TPSA) is 37.3 Å². The molecule has 0 spiro atoms. The van der Waals surface area contributed by atoms with Gasteiger partial charge in [0.1, 0.15) is 5.01 Å². The maximum atomic E-state index is 5.84. The summed E-state index contributed by atoms with van der Waals surface area (Å²) in [6, 6.07) is 15.5. The Morgan fingerprint density at radius 2 is 1.90 bits per heavy atom. The van der Waals surface area contributed by atoms with Gasteiger partial charge >= 0.3 is 0 Å². The maximum absolute atomic E-state index is 5.84. The van der Waals surface area contributed by atoms with Gasteiger partial charge in [-0.3, -0.25) is 5.43 Å². The van der Waals surface area contributed by atoms with Crippen LogP contribution >= 0.6 is 22.9 Å². The van der Waals surface area contributed by atoms with Crippen molar-refractivity contribution in [3.8, 4) is 0 Å². The summed E-state index contributed by atoms with van der Waals surface area (Å²) >= 11 is 7.48. The van der Waals surface area contributed by atoms with Crippen molar-refractivity contribution in [1.29, 1.82) is 0 Å². The molecule has 0 amide bonds. The van der Waals surface area contributed by atoms with Gasteiger partial charge in [0.25, 0.3) is 0 Å². The molecule has 20 heavy (non-hydrogen) atoms. The quantitative estimate of drug-likeness (QED) is 0.558. The number of aromatic nitrogens is 1. The van der Waals surface area contributed by atoms with Crippen LogP contribution in [0.1, 0.15) is 11.9 Å². The van der Waals surface area contributed by atoms with Gasteiger partial charge in [0.05, 0.1) is 21.6 Å². The van der Waals surface area contributed by atoms with Crippen LogP contribution in [0.25, 0.3) is 10.2 Å². The summed E-state index contributed by atoms with van der Waals surface area (Å²) in [4.78, 5) is 4.57. The van der Waals surface area contributed by atoms with Crippen LogP contribution in [-0.2, 0) is 0 Å². The first-order valence-electron chi connectivity index (χ1n) is 6.14. The maximum Gasteiger partial charge on any atom is 0.140 e. The summed E-state index contributed by atoms with van der Waals surface area (Å²) in [6.07, 6.45) is 0. The molecule has 3 nitrogen and oxygen atoms in total. The lowest BCUT2D eigenvalue weighted by Crippen LogP contribution is -1.98. The molecule has 3 aromatic rings. The number of anilines is 1. The van der Waals surface area contributed by atoms with E-state index < -0.39 is 0 Å². The molecule has 0 aliphatic carbocycles. The molecule has 5 heteroatoms. The van der Waals surface area contributed by atoms with Gasteiger partial charge in [-0.1, -0.05) is 23.7 Å². The van der Waals surface area contributed by atoms with Gasteiger partial charge in [-0.15, -0.1) is 11.3 Å². The van der Waals surface area contributed by atoms with E-state index in [1.165, 1.54) is 4.70 Å². The summed E-state index contributed by atoms with van der Waals surface area (Å²) in [5.41, 5.74) is 5.78. The fourth-order valence-electron chi connectivity index (χ4n) is 1.75. The van der Waals surface area contributed by atoms with Crippen LogP contribution in [0.15, 0.2) is 53.6 Å². The summed E-state index contributed by atoms with van der Waals surface area (Å²) in [6.45, 7) is 1.95. The highest BCUT2D eigenvalue weighted by Crippen LogP contribution is 2.22. The van der Waals surface area contributed by atoms with E-state index in [0.29, 0.717) is 5.02 Å². The number of nitrogens with zero attached hydrogens (tertiary/aromatic N) is 2. The highest BCUT2D eigenvalue weighted by atomic mass is 35.5. The van der Waals surface area contributed by atoms with E-state index in [4.69, 9.17) is 11.6 Å². The molecule has 0 unspecified atom stereocenters. The van der Waals surface area contributed by atoms with E-state index in [2.05, 4.69) is 21.6 Å². The predicted octanol–water partition coefficient (Wildman–Crippen LogP) is 4.79. The van der Waals surface area contributed by atoms with Crippen molar-refractivity contribution in [3.63, 3.8) is 0 Å². The number of hydrogen-bond donors (Lipinski definition) is 1. The molecule has 0 aliphatic heterocycles. The van der Waals surface area contributed by atoms with Crippen molar-refractivity contribution < 1.29 is 0 Å². The second kappa shape index (κ2) is 5.61. The first-order chi connectivity index (χ1) is 9.72. The molecule has 0 atom stereocenters. The minimum absolute atomic E-state index is 0.711. The molecule has 0 fully saturated rings. The highest BCUT2D eigenvalue weighted by molar-refractivity contribution is 7.20. The van der Waals surface area contributed by atoms with Crippen LogP contribution in [0, 0.1) is 0 Å². The molecule has 100 valence electrons. The molecule has 2 aromatic carbocycles. The molecule has 3 rings (SSSR count). The number of halogens is 1. The number of fused-ring (bicyclic) bond motifs is 1. The molecule has 0 radical (unpaired) electrons. The third-order valence-electron chi connectivity index (χ3n) is 2.80. The van der Waals surface area contributed by atoms with E-state index in [9.17, 15) is 0 Å². The SMILES string of the molecule is C/C(=N\Nc1ccc(Cl)cc1)c1nc2ccccc2s1. The Morgan fingerprint density at radius 1 is 1.15 bits per heavy atom. The first-order valence-corrected chi connectivity index (χ1v) is 7.33. The van der Waals surface area contributed by atoms with Crippen LogP contribution in [0.2, 0.25) is 5.02 Å². The molecular weight excluding hydrogens is 290 g/mol. The summed E-state index contributed by atoms with van der Waals surface area (Å²) in [5.74, 6) is 0. The Kier molecular flexibility index (Phi) is 3.67. The Labute approximate surface area is 125 Å². The standard InChI is InChI=1S/C15H12ClN3S/c1-10(18-19-12-8-6-11(16)7-9-12)15-17-13-4-2-3-5-14(13)20-15/h2-9,19H,1H3/b18-10+. The monoisotopic (exact) mass is 301 g/mol. The number of hydrogen-bond acceptors (Lipinski definition) is 4. The number of nitrogens with one attached hydrogen (secondary N) is 1. The fraction of sp³-hybridized carbons (Fsp3) is 0.0667. The van der Waals surface area contributed by atoms with Gasteiger partial charge in [-0.2, -0.15) is 5.10 Å². The Morgan fingerprint density at radius 3 is 2.65 bits per heavy atom. The van der Waals surface area contributed by atoms with Crippen LogP contribution in [-0.4, -0.2) is 10.7 Å². The fourth-order valence-corrected chi connectivity index (χ4v) is 2.78. The Bertz CT molecular complexity index is 729. The zero-order valence-electron chi connectivity index (χ0n) is 10.8. The lowest BCUT2D eigenvalue weighted by Gasteiger charge is -2.01. The van der Waals surface area contributed by atoms with Crippen molar-refractivity contribution >= 4 is 44.6 Å². The summed E-state index contributed by atoms with van der Waals surface area (Å²) in [5, 5.41) is 6.00. The van der Waals surface area contributed by atoms with Crippen molar-refractivity contribution in [2.75, 3.05) is 5.43 Å². The van der Waals surface area contributed by atoms with Crippen LogP contribution < -0.4 is 5.43 Å². The highest BCUT2D eigenvalue weighted by Gasteiger charge is 2.05. The summed E-state index contributed by atoms with van der Waals surface area (Å²) < 4.78 is 1.17. The molecule has 0 bridgehead atoms. The van der Waals surface area contributed by atoms with Crippen LogP contribution in [0.4, 0.5) is 5.69 Å². The normalized spacial score (nSPS) is 11.8. The van der Waals surface area contributed by atoms with Gasteiger partial charge in [-0.05, 0) is 43.3 Å². The van der Waals surface area contributed by atoms with E-state index in [1.54, 1.807) is 11.3 Å². The average Bonchev–Trinajstić information content (AvgIpc) is 2.90. The minimum Gasteiger partial charge on any atom is -0.278 e. The van der Waals surface area contributed by atoms with Gasteiger partial charge in [0.15, 0.2) is 0 Å². The van der Waals surface area contributed by atoms with Crippen molar-refractivity contribution in [2.45, 2.75) is 6.92 Å². The predicted molar refractivity (Wildman–Crippen MR) is 86.9 cm³/mol. The molecule has 1 N–H and O–H groups in total. The molecule has 0 saturated carbocycles. The van der Waals surface area contributed by atoms with E-state index >= 15 is 0 Å². The van der Waals surface area contributed by atoms with Crippen molar-refractivity contribution in [2.24, 2.45) is 5.10 Å². The van der Waals surface area contributed by atoms with Gasteiger partial charge in [0.2, 0.25) is 0 Å². The third kappa shape index (κ3) is 2.81. The van der Waals surface area contributed by atoms with Crippen LogP contribution in [0.3, 0.4) is 0 Å². The number of benzene rings is 2. The molecule has 0 saturated heterocycles.